The molecule has 23 heavy (non-hydrogen) atoms. The average Bonchev–Trinajstić information content (AvgIpc) is 2.83. The molecular weight excluding hydrogens is 312 g/mol. The molecule has 0 spiro atoms. The number of halogens is 2. The molecule has 6 nitrogen and oxygen atoms in total. The highest BCUT2D eigenvalue weighted by atomic mass is 19.3. The molecule has 0 aromatic carbocycles. The highest BCUT2D eigenvalue weighted by Gasteiger charge is 2.66. The van der Waals surface area contributed by atoms with E-state index in [-0.39, 0.29) is 61.6 Å². The molecule has 4 aliphatic rings. The van der Waals surface area contributed by atoms with Crippen molar-refractivity contribution in [3.05, 3.63) is 0 Å². The van der Waals surface area contributed by atoms with E-state index in [4.69, 9.17) is 14.6 Å². The molecule has 2 aliphatic heterocycles. The minimum absolute atomic E-state index is 0.130. The summed E-state index contributed by atoms with van der Waals surface area (Å²) in [6.45, 7) is 0.885. The molecule has 1 N–H and O–H groups in total. The Kier molecular flexibility index (Phi) is 3.39. The maximum atomic E-state index is 13.3. The topological polar surface area (TPSA) is 76.1 Å². The fourth-order valence-electron chi connectivity index (χ4n) is 4.48. The van der Waals surface area contributed by atoms with Crippen LogP contribution < -0.4 is 0 Å². The average molecular weight is 331 g/mol. The third-order valence-corrected chi connectivity index (χ3v) is 5.54. The van der Waals surface area contributed by atoms with Crippen LogP contribution in [0.4, 0.5) is 8.78 Å². The van der Waals surface area contributed by atoms with Crippen LogP contribution in [-0.4, -0.2) is 65.8 Å². The van der Waals surface area contributed by atoms with E-state index in [9.17, 15) is 18.4 Å². The van der Waals surface area contributed by atoms with Gasteiger partial charge in [0.05, 0.1) is 31.8 Å². The number of carbonyl (C=O) groups excluding carboxylic acids is 1. The van der Waals surface area contributed by atoms with Gasteiger partial charge in [-0.1, -0.05) is 0 Å². The number of fused-ring (bicyclic) bond motifs is 2. The lowest BCUT2D eigenvalue weighted by Crippen LogP contribution is -2.57. The van der Waals surface area contributed by atoms with Crippen LogP contribution in [0, 0.1) is 17.8 Å². The summed E-state index contributed by atoms with van der Waals surface area (Å²) in [5.74, 6) is -4.53. The summed E-state index contributed by atoms with van der Waals surface area (Å²) >= 11 is 0. The van der Waals surface area contributed by atoms with Gasteiger partial charge in [0, 0.05) is 25.3 Å². The van der Waals surface area contributed by atoms with E-state index < -0.39 is 18.0 Å². The van der Waals surface area contributed by atoms with Crippen molar-refractivity contribution < 1.29 is 33.0 Å². The second kappa shape index (κ2) is 5.11. The summed E-state index contributed by atoms with van der Waals surface area (Å²) in [6.07, 6.45) is -1.48. The number of carboxylic acid groups (broad SMARTS) is 1. The van der Waals surface area contributed by atoms with Crippen molar-refractivity contribution in [1.82, 2.24) is 4.90 Å². The SMILES string of the molecule is O=C(O)C[C@@H]1CN(C(=O)C2[C@H]3CC(F)(F)C[C@@H]23)[C@H]2COC[C@@H]2O1. The quantitative estimate of drug-likeness (QED) is 0.826. The number of ether oxygens (including phenoxy) is 2. The van der Waals surface area contributed by atoms with Gasteiger partial charge in [-0.05, 0) is 11.8 Å². The van der Waals surface area contributed by atoms with E-state index in [1.165, 1.54) is 0 Å². The first-order valence-electron chi connectivity index (χ1n) is 7.99. The molecule has 0 aromatic rings. The second-order valence-electron chi connectivity index (χ2n) is 7.11. The molecule has 8 heteroatoms. The Hall–Kier alpha value is -1.28. The van der Waals surface area contributed by atoms with Gasteiger partial charge in [0.15, 0.2) is 0 Å². The zero-order valence-corrected chi connectivity index (χ0v) is 12.5. The molecule has 0 bridgehead atoms. The van der Waals surface area contributed by atoms with Gasteiger partial charge in [0.25, 0.3) is 0 Å². The lowest BCUT2D eigenvalue weighted by molar-refractivity contribution is -0.161. The van der Waals surface area contributed by atoms with E-state index in [1.54, 1.807) is 4.90 Å². The van der Waals surface area contributed by atoms with E-state index in [2.05, 4.69) is 0 Å². The monoisotopic (exact) mass is 331 g/mol. The van der Waals surface area contributed by atoms with Crippen molar-refractivity contribution in [3.63, 3.8) is 0 Å². The van der Waals surface area contributed by atoms with Gasteiger partial charge in [-0.2, -0.15) is 0 Å². The van der Waals surface area contributed by atoms with Gasteiger partial charge >= 0.3 is 5.97 Å². The van der Waals surface area contributed by atoms with Crippen LogP contribution in [0.15, 0.2) is 0 Å². The summed E-state index contributed by atoms with van der Waals surface area (Å²) < 4.78 is 37.7. The number of nitrogens with zero attached hydrogens (tertiary/aromatic N) is 1. The van der Waals surface area contributed by atoms with Gasteiger partial charge in [0.2, 0.25) is 11.8 Å². The molecule has 0 radical (unpaired) electrons. The van der Waals surface area contributed by atoms with Crippen LogP contribution in [0.1, 0.15) is 19.3 Å². The smallest absolute Gasteiger partial charge is 0.306 e. The predicted octanol–water partition coefficient (Wildman–Crippen LogP) is 0.747. The van der Waals surface area contributed by atoms with Crippen molar-refractivity contribution in [1.29, 1.82) is 0 Å². The second-order valence-corrected chi connectivity index (χ2v) is 7.11. The molecule has 2 aliphatic carbocycles. The maximum absolute atomic E-state index is 13.3. The highest BCUT2D eigenvalue weighted by molar-refractivity contribution is 5.83. The fourth-order valence-corrected chi connectivity index (χ4v) is 4.48. The predicted molar refractivity (Wildman–Crippen MR) is 71.9 cm³/mol. The number of morpholine rings is 1. The van der Waals surface area contributed by atoms with Gasteiger partial charge in [-0.15, -0.1) is 0 Å². The Morgan fingerprint density at radius 2 is 1.91 bits per heavy atom. The minimum atomic E-state index is -2.64. The summed E-state index contributed by atoms with van der Waals surface area (Å²) in [7, 11) is 0. The number of carbonyl (C=O) groups is 2. The molecule has 2 heterocycles. The Bertz CT molecular complexity index is 528. The molecular formula is C15H19F2NO5. The van der Waals surface area contributed by atoms with Crippen molar-refractivity contribution >= 4 is 11.9 Å². The Balaban J connectivity index is 1.46. The first-order valence-corrected chi connectivity index (χ1v) is 7.99. The van der Waals surface area contributed by atoms with Gasteiger partial charge < -0.3 is 19.5 Å². The minimum Gasteiger partial charge on any atom is -0.481 e. The molecule has 4 fully saturated rings. The summed E-state index contributed by atoms with van der Waals surface area (Å²) in [4.78, 5) is 25.3. The third-order valence-electron chi connectivity index (χ3n) is 5.54. The molecule has 4 rings (SSSR count). The lowest BCUT2D eigenvalue weighted by atomic mass is 10.0. The molecule has 1 amide bonds. The van der Waals surface area contributed by atoms with Crippen molar-refractivity contribution in [2.75, 3.05) is 19.8 Å². The molecule has 1 unspecified atom stereocenters. The van der Waals surface area contributed by atoms with E-state index in [1.807, 2.05) is 0 Å². The zero-order chi connectivity index (χ0) is 16.4. The number of carboxylic acids is 1. The van der Waals surface area contributed by atoms with E-state index in [0.717, 1.165) is 0 Å². The van der Waals surface area contributed by atoms with Crippen LogP contribution in [0.5, 0.6) is 0 Å². The maximum Gasteiger partial charge on any atom is 0.306 e. The van der Waals surface area contributed by atoms with Crippen LogP contribution in [0.25, 0.3) is 0 Å². The first-order chi connectivity index (χ1) is 10.9. The van der Waals surface area contributed by atoms with Crippen LogP contribution >= 0.6 is 0 Å². The molecule has 128 valence electrons. The van der Waals surface area contributed by atoms with E-state index >= 15 is 0 Å². The molecule has 0 aromatic heterocycles. The van der Waals surface area contributed by atoms with Crippen molar-refractivity contribution in [3.8, 4) is 0 Å². The van der Waals surface area contributed by atoms with Crippen LogP contribution in [0.3, 0.4) is 0 Å². The van der Waals surface area contributed by atoms with Gasteiger partial charge in [0.1, 0.15) is 6.10 Å². The summed E-state index contributed by atoms with van der Waals surface area (Å²) in [5, 5.41) is 8.94. The van der Waals surface area contributed by atoms with Crippen molar-refractivity contribution in [2.24, 2.45) is 17.8 Å². The normalized spacial score (nSPS) is 43.8. The van der Waals surface area contributed by atoms with Gasteiger partial charge in [-0.3, -0.25) is 9.59 Å². The van der Waals surface area contributed by atoms with Crippen LogP contribution in [-0.2, 0) is 19.1 Å². The number of hydrogen-bond donors (Lipinski definition) is 1. The number of rotatable bonds is 3. The lowest BCUT2D eigenvalue weighted by Gasteiger charge is -2.41. The Morgan fingerprint density at radius 1 is 1.22 bits per heavy atom. The standard InChI is InChI=1S/C15H19F2NO5/c16-15(17)2-8-9(3-15)13(8)14(21)18-4-7(1-12(19)20)23-11-6-22-5-10(11)18/h7-11,13H,1-6H2,(H,19,20)/t7-,8-,9+,10+,11+,13?/m1/s1. The number of amides is 1. The first kappa shape index (κ1) is 15.3. The zero-order valence-electron chi connectivity index (χ0n) is 12.5. The molecule has 2 saturated carbocycles. The Morgan fingerprint density at radius 3 is 2.57 bits per heavy atom. The van der Waals surface area contributed by atoms with E-state index in [0.29, 0.717) is 13.2 Å². The Labute approximate surface area is 131 Å². The number of alkyl halides is 2. The summed E-state index contributed by atoms with van der Waals surface area (Å²) in [6, 6.07) is -0.227. The number of aliphatic carboxylic acids is 1. The largest absolute Gasteiger partial charge is 0.481 e. The van der Waals surface area contributed by atoms with Crippen molar-refractivity contribution in [2.45, 2.75) is 43.4 Å². The summed E-state index contributed by atoms with van der Waals surface area (Å²) in [5.41, 5.74) is 0. The van der Waals surface area contributed by atoms with Crippen LogP contribution in [0.2, 0.25) is 0 Å². The number of hydrogen-bond acceptors (Lipinski definition) is 4. The third kappa shape index (κ3) is 2.61. The highest BCUT2D eigenvalue weighted by Crippen LogP contribution is 2.63. The fraction of sp³-hybridized carbons (Fsp3) is 0.867. The molecule has 6 atom stereocenters. The molecule has 2 saturated heterocycles. The van der Waals surface area contributed by atoms with Gasteiger partial charge in [-0.25, -0.2) is 8.78 Å².